The quantitative estimate of drug-likeness (QED) is 0.465. The highest BCUT2D eigenvalue weighted by Crippen LogP contribution is 2.41. The van der Waals surface area contributed by atoms with Crippen LogP contribution >= 0.6 is 11.3 Å². The highest BCUT2D eigenvalue weighted by Gasteiger charge is 2.31. The van der Waals surface area contributed by atoms with Crippen molar-refractivity contribution in [1.29, 1.82) is 0 Å². The van der Waals surface area contributed by atoms with E-state index in [1.165, 1.54) is 23.5 Å². The molecule has 0 aliphatic carbocycles. The molecular formula is C22H19N3O5S. The van der Waals surface area contributed by atoms with Crippen LogP contribution in [0.5, 0.6) is 11.5 Å². The Morgan fingerprint density at radius 1 is 1.29 bits per heavy atom. The second-order valence-electron chi connectivity index (χ2n) is 6.73. The van der Waals surface area contributed by atoms with Crippen molar-refractivity contribution in [2.24, 2.45) is 0 Å². The Bertz CT molecular complexity index is 1160. The fourth-order valence-electron chi connectivity index (χ4n) is 3.50. The molecule has 8 nitrogen and oxygen atoms in total. The summed E-state index contributed by atoms with van der Waals surface area (Å²) in [5.74, 6) is -1.73. The molecular weight excluding hydrogens is 418 g/mol. The summed E-state index contributed by atoms with van der Waals surface area (Å²) in [4.78, 5) is 28.5. The molecule has 0 radical (unpaired) electrons. The molecule has 0 spiro atoms. The van der Waals surface area contributed by atoms with Gasteiger partial charge in [0.05, 0.1) is 18.3 Å². The average molecular weight is 437 g/mol. The number of hydrogen-bond acceptors (Lipinski definition) is 6. The molecule has 0 saturated heterocycles. The minimum atomic E-state index is -1.30. The number of amides is 2. The lowest BCUT2D eigenvalue weighted by Gasteiger charge is -2.30. The maximum atomic E-state index is 12.6. The highest BCUT2D eigenvalue weighted by atomic mass is 32.1. The second-order valence-corrected chi connectivity index (χ2v) is 7.51. The highest BCUT2D eigenvalue weighted by molar-refractivity contribution is 7.08. The van der Waals surface area contributed by atoms with Crippen molar-refractivity contribution < 1.29 is 24.5 Å². The van der Waals surface area contributed by atoms with Crippen LogP contribution in [0.1, 0.15) is 40.0 Å². The van der Waals surface area contributed by atoms with Gasteiger partial charge in [0.1, 0.15) is 5.56 Å². The lowest BCUT2D eigenvalue weighted by molar-refractivity contribution is 0.0692. The summed E-state index contributed by atoms with van der Waals surface area (Å²) in [6, 6.07) is 7.47. The number of phenols is 1. The molecule has 3 aromatic rings. The fraction of sp³-hybridized carbons (Fsp3) is 0.136. The summed E-state index contributed by atoms with van der Waals surface area (Å²) in [7, 11) is 0. The van der Waals surface area contributed by atoms with Crippen molar-refractivity contribution >= 4 is 34.6 Å². The van der Waals surface area contributed by atoms with E-state index in [0.717, 1.165) is 16.7 Å². The molecule has 4 N–H and O–H groups in total. The Kier molecular flexibility index (Phi) is 5.59. The van der Waals surface area contributed by atoms with Crippen LogP contribution in [0.2, 0.25) is 0 Å². The number of pyridine rings is 1. The third-order valence-electron chi connectivity index (χ3n) is 4.82. The van der Waals surface area contributed by atoms with E-state index in [9.17, 15) is 19.8 Å². The summed E-state index contributed by atoms with van der Waals surface area (Å²) in [6.45, 7) is 1.96. The average Bonchev–Trinajstić information content (AvgIpc) is 3.29. The number of benzene rings is 1. The monoisotopic (exact) mass is 437 g/mol. The van der Waals surface area contributed by atoms with Crippen LogP contribution in [0, 0.1) is 0 Å². The first-order valence-corrected chi connectivity index (χ1v) is 10.4. The molecule has 2 amide bonds. The third kappa shape index (κ3) is 3.95. The van der Waals surface area contributed by atoms with Gasteiger partial charge in [-0.15, -0.1) is 0 Å². The second kappa shape index (κ2) is 8.49. The van der Waals surface area contributed by atoms with E-state index >= 15 is 0 Å². The van der Waals surface area contributed by atoms with Crippen molar-refractivity contribution in [3.8, 4) is 11.5 Å². The Hall–Kier alpha value is -3.85. The molecule has 1 atom stereocenters. The summed E-state index contributed by atoms with van der Waals surface area (Å²) in [5.41, 5.74) is 2.91. The number of ether oxygens (including phenoxy) is 1. The number of aromatic carboxylic acids is 1. The standard InChI is InChI=1S/C22H19N3O5S/c1-2-30-16-9-14(8-15(20(16)26)21(27)28)19-17(13-5-7-31-11-13)18(24-22(29)25-19)12-4-3-6-23-10-12/h3-11,18,26H,2H2,1H3,(H,27,28)(H2,24,25,29). The van der Waals surface area contributed by atoms with Gasteiger partial charge in [-0.05, 0) is 53.1 Å². The van der Waals surface area contributed by atoms with Crippen LogP contribution in [-0.4, -0.2) is 33.8 Å². The van der Waals surface area contributed by atoms with Crippen molar-refractivity contribution in [2.45, 2.75) is 13.0 Å². The topological polar surface area (TPSA) is 121 Å². The van der Waals surface area contributed by atoms with Crippen LogP contribution in [0.25, 0.3) is 11.3 Å². The van der Waals surface area contributed by atoms with E-state index in [1.54, 1.807) is 25.4 Å². The van der Waals surface area contributed by atoms with Gasteiger partial charge in [-0.3, -0.25) is 4.98 Å². The molecule has 1 aliphatic heterocycles. The largest absolute Gasteiger partial charge is 0.504 e. The minimum Gasteiger partial charge on any atom is -0.504 e. The lowest BCUT2D eigenvalue weighted by atomic mass is 9.89. The molecule has 3 heterocycles. The number of aromatic nitrogens is 1. The molecule has 31 heavy (non-hydrogen) atoms. The van der Waals surface area contributed by atoms with Gasteiger partial charge in [-0.1, -0.05) is 6.07 Å². The van der Waals surface area contributed by atoms with Gasteiger partial charge in [-0.2, -0.15) is 11.3 Å². The van der Waals surface area contributed by atoms with Gasteiger partial charge in [0.25, 0.3) is 0 Å². The summed E-state index contributed by atoms with van der Waals surface area (Å²) < 4.78 is 5.45. The zero-order valence-electron chi connectivity index (χ0n) is 16.5. The number of carboxylic acid groups (broad SMARTS) is 1. The van der Waals surface area contributed by atoms with Gasteiger partial charge < -0.3 is 25.6 Å². The van der Waals surface area contributed by atoms with Crippen LogP contribution in [0.4, 0.5) is 4.79 Å². The van der Waals surface area contributed by atoms with E-state index in [2.05, 4.69) is 15.6 Å². The van der Waals surface area contributed by atoms with Crippen molar-refractivity contribution in [3.05, 3.63) is 75.7 Å². The minimum absolute atomic E-state index is 0.0280. The maximum Gasteiger partial charge on any atom is 0.339 e. The molecule has 0 bridgehead atoms. The number of carbonyl (C=O) groups excluding carboxylic acids is 1. The number of carboxylic acids is 1. The number of hydrogen-bond donors (Lipinski definition) is 4. The first-order valence-electron chi connectivity index (χ1n) is 9.47. The van der Waals surface area contributed by atoms with Crippen LogP contribution < -0.4 is 15.4 Å². The molecule has 4 rings (SSSR count). The van der Waals surface area contributed by atoms with Gasteiger partial charge in [0, 0.05) is 23.5 Å². The van der Waals surface area contributed by atoms with E-state index in [1.807, 2.05) is 22.9 Å². The first-order chi connectivity index (χ1) is 15.0. The number of rotatable bonds is 6. The molecule has 1 unspecified atom stereocenters. The van der Waals surface area contributed by atoms with Crippen molar-refractivity contribution in [1.82, 2.24) is 15.6 Å². The zero-order valence-corrected chi connectivity index (χ0v) is 17.3. The van der Waals surface area contributed by atoms with E-state index < -0.39 is 23.8 Å². The Morgan fingerprint density at radius 2 is 2.13 bits per heavy atom. The first kappa shape index (κ1) is 20.4. The van der Waals surface area contributed by atoms with E-state index in [0.29, 0.717) is 11.3 Å². The molecule has 1 aliphatic rings. The van der Waals surface area contributed by atoms with Gasteiger partial charge in [0.2, 0.25) is 0 Å². The van der Waals surface area contributed by atoms with Crippen LogP contribution in [0.15, 0.2) is 53.5 Å². The van der Waals surface area contributed by atoms with Crippen molar-refractivity contribution in [3.63, 3.8) is 0 Å². The summed E-state index contributed by atoms with van der Waals surface area (Å²) >= 11 is 1.50. The number of urea groups is 1. The number of nitrogens with zero attached hydrogens (tertiary/aromatic N) is 1. The molecule has 9 heteroatoms. The summed E-state index contributed by atoms with van der Waals surface area (Å²) in [6.07, 6.45) is 3.32. The molecule has 158 valence electrons. The normalized spacial score (nSPS) is 15.9. The molecule has 1 aromatic carbocycles. The number of carbonyl (C=O) groups is 2. The van der Waals surface area contributed by atoms with Crippen LogP contribution in [-0.2, 0) is 0 Å². The van der Waals surface area contributed by atoms with Crippen LogP contribution in [0.3, 0.4) is 0 Å². The molecule has 0 fully saturated rings. The third-order valence-corrected chi connectivity index (χ3v) is 5.50. The van der Waals surface area contributed by atoms with E-state index in [-0.39, 0.29) is 17.9 Å². The predicted molar refractivity (Wildman–Crippen MR) is 116 cm³/mol. The van der Waals surface area contributed by atoms with Gasteiger partial charge in [-0.25, -0.2) is 9.59 Å². The van der Waals surface area contributed by atoms with Crippen molar-refractivity contribution in [2.75, 3.05) is 6.61 Å². The number of aromatic hydroxyl groups is 1. The lowest BCUT2D eigenvalue weighted by Crippen LogP contribution is -2.43. The summed E-state index contributed by atoms with van der Waals surface area (Å²) in [5, 5.41) is 29.5. The Morgan fingerprint density at radius 3 is 2.77 bits per heavy atom. The molecule has 0 saturated carbocycles. The fourth-order valence-corrected chi connectivity index (χ4v) is 4.15. The smallest absolute Gasteiger partial charge is 0.339 e. The number of nitrogens with one attached hydrogen (secondary N) is 2. The maximum absolute atomic E-state index is 12.6. The molecule has 2 aromatic heterocycles. The predicted octanol–water partition coefficient (Wildman–Crippen LogP) is 3.87. The van der Waals surface area contributed by atoms with E-state index in [4.69, 9.17) is 4.74 Å². The number of thiophene rings is 1. The van der Waals surface area contributed by atoms with Gasteiger partial charge >= 0.3 is 12.0 Å². The SMILES string of the molecule is CCOc1cc(C2=C(c3ccsc3)C(c3cccnc3)NC(=O)N2)cc(C(=O)O)c1O. The Balaban J connectivity index is 1.99. The Labute approximate surface area is 181 Å². The zero-order chi connectivity index (χ0) is 22.0. The van der Waals surface area contributed by atoms with Gasteiger partial charge in [0.15, 0.2) is 11.5 Å².